The zero-order chi connectivity index (χ0) is 20.7. The van der Waals surface area contributed by atoms with Gasteiger partial charge in [0.15, 0.2) is 23.3 Å². The quantitative estimate of drug-likeness (QED) is 0.387. The van der Waals surface area contributed by atoms with Crippen molar-refractivity contribution in [2.24, 2.45) is 10.2 Å². The van der Waals surface area contributed by atoms with Crippen molar-refractivity contribution in [1.29, 1.82) is 5.26 Å². The Labute approximate surface area is 181 Å². The van der Waals surface area contributed by atoms with Gasteiger partial charge in [-0.1, -0.05) is 11.8 Å². The van der Waals surface area contributed by atoms with Crippen LogP contribution >= 0.6 is 43.6 Å². The fourth-order valence-electron chi connectivity index (χ4n) is 2.09. The van der Waals surface area contributed by atoms with E-state index in [4.69, 9.17) is 19.8 Å². The monoisotopic (exact) mass is 532 g/mol. The number of aliphatic carboxylic acids is 1. The van der Waals surface area contributed by atoms with Gasteiger partial charge in [0.1, 0.15) is 11.3 Å². The van der Waals surface area contributed by atoms with Gasteiger partial charge in [0.25, 0.3) is 0 Å². The van der Waals surface area contributed by atoms with Gasteiger partial charge in [-0.25, -0.2) is 0 Å². The van der Waals surface area contributed by atoms with Crippen LogP contribution in [0.15, 0.2) is 25.2 Å². The maximum atomic E-state index is 11.7. The van der Waals surface area contributed by atoms with Crippen molar-refractivity contribution in [3.05, 3.63) is 20.6 Å². The number of amides is 1. The molecule has 0 spiro atoms. The summed E-state index contributed by atoms with van der Waals surface area (Å²) in [6.07, 6.45) is 1.15. The minimum absolute atomic E-state index is 0.138. The number of ether oxygens (including phenoxy) is 2. The molecule has 2 N–H and O–H groups in total. The summed E-state index contributed by atoms with van der Waals surface area (Å²) in [5.74, 6) is -0.669. The molecule has 1 aliphatic heterocycles. The lowest BCUT2D eigenvalue weighted by Gasteiger charge is -2.14. The third kappa shape index (κ3) is 5.70. The molecule has 9 nitrogen and oxygen atoms in total. The number of halogens is 2. The Kier molecular flexibility index (Phi) is 8.28. The topological polar surface area (TPSA) is 133 Å². The number of hydrogen-bond acceptors (Lipinski definition) is 8. The molecule has 1 heterocycles. The highest BCUT2D eigenvalue weighted by atomic mass is 79.9. The highest BCUT2D eigenvalue weighted by Crippen LogP contribution is 2.42. The molecule has 1 aromatic carbocycles. The van der Waals surface area contributed by atoms with Gasteiger partial charge in [0, 0.05) is 10.0 Å². The number of nitrogens with one attached hydrogen (secondary N) is 1. The number of rotatable bonds is 8. The van der Waals surface area contributed by atoms with Crippen molar-refractivity contribution in [3.8, 4) is 17.6 Å². The largest absolute Gasteiger partial charge is 0.490 e. The average Bonchev–Trinajstić information content (AvgIpc) is 2.98. The Bertz CT molecular complexity index is 885. The van der Waals surface area contributed by atoms with Crippen molar-refractivity contribution < 1.29 is 24.2 Å². The number of carbonyl (C=O) groups excluding carboxylic acids is 1. The first-order chi connectivity index (χ1) is 13.4. The number of thioether (sulfide) groups is 1. The highest BCUT2D eigenvalue weighted by Gasteiger charge is 2.32. The molecule has 2 rings (SSSR count). The lowest BCUT2D eigenvalue weighted by Crippen LogP contribution is -2.26. The molecule has 0 aliphatic carbocycles. The van der Waals surface area contributed by atoms with E-state index in [9.17, 15) is 9.59 Å². The van der Waals surface area contributed by atoms with E-state index >= 15 is 0 Å². The maximum absolute atomic E-state index is 11.7. The van der Waals surface area contributed by atoms with Crippen molar-refractivity contribution in [3.63, 3.8) is 0 Å². The standard InChI is InChI=1S/C16H14Br2N4O5S/c1-2-26-9-5-8(12(17)13(18)14(9)27-4-3-19)7-20-22-16-21-15(25)10(28-16)6-11(23)24/h5,7,10H,2,4,6H2,1H3,(H,23,24)(H,21,22,25). The summed E-state index contributed by atoms with van der Waals surface area (Å²) in [5.41, 5.74) is 0.611. The molecule has 1 fully saturated rings. The second kappa shape index (κ2) is 10.4. The number of carboxylic acids is 1. The van der Waals surface area contributed by atoms with Crippen LogP contribution in [-0.2, 0) is 9.59 Å². The molecule has 12 heteroatoms. The first-order valence-electron chi connectivity index (χ1n) is 7.82. The molecule has 1 unspecified atom stereocenters. The number of nitriles is 1. The van der Waals surface area contributed by atoms with Crippen molar-refractivity contribution in [2.75, 3.05) is 13.2 Å². The maximum Gasteiger partial charge on any atom is 0.305 e. The van der Waals surface area contributed by atoms with Gasteiger partial charge in [0.05, 0.1) is 23.7 Å². The molecular weight excluding hydrogens is 520 g/mol. The van der Waals surface area contributed by atoms with Crippen LogP contribution in [0.2, 0.25) is 0 Å². The van der Waals surface area contributed by atoms with E-state index in [1.54, 1.807) is 6.07 Å². The molecule has 0 aromatic heterocycles. The van der Waals surface area contributed by atoms with E-state index in [1.165, 1.54) is 6.21 Å². The third-order valence-corrected chi connectivity index (χ3v) is 6.43. The van der Waals surface area contributed by atoms with Gasteiger partial charge < -0.3 is 19.9 Å². The lowest BCUT2D eigenvalue weighted by atomic mass is 10.2. The molecule has 1 aromatic rings. The summed E-state index contributed by atoms with van der Waals surface area (Å²) < 4.78 is 12.1. The Hall–Kier alpha value is -2.10. The smallest absolute Gasteiger partial charge is 0.305 e. The van der Waals surface area contributed by atoms with Gasteiger partial charge in [-0.2, -0.15) is 10.4 Å². The molecule has 1 saturated heterocycles. The second-order valence-electron chi connectivity index (χ2n) is 5.14. The Morgan fingerprint density at radius 2 is 2.21 bits per heavy atom. The summed E-state index contributed by atoms with van der Waals surface area (Å²) in [6, 6.07) is 3.57. The summed E-state index contributed by atoms with van der Waals surface area (Å²) in [4.78, 5) is 22.4. The Balaban J connectivity index is 2.22. The minimum atomic E-state index is -1.06. The number of benzene rings is 1. The van der Waals surface area contributed by atoms with E-state index < -0.39 is 17.1 Å². The Morgan fingerprint density at radius 3 is 2.86 bits per heavy atom. The number of amidine groups is 1. The Morgan fingerprint density at radius 1 is 1.46 bits per heavy atom. The predicted molar refractivity (Wildman–Crippen MR) is 111 cm³/mol. The van der Waals surface area contributed by atoms with Gasteiger partial charge >= 0.3 is 5.97 Å². The number of nitrogens with zero attached hydrogens (tertiary/aromatic N) is 3. The minimum Gasteiger partial charge on any atom is -0.490 e. The lowest BCUT2D eigenvalue weighted by molar-refractivity contribution is -0.138. The third-order valence-electron chi connectivity index (χ3n) is 3.22. The van der Waals surface area contributed by atoms with E-state index in [1.807, 2.05) is 13.0 Å². The van der Waals surface area contributed by atoms with Crippen LogP contribution in [0.5, 0.6) is 11.5 Å². The van der Waals surface area contributed by atoms with E-state index in [0.717, 1.165) is 11.8 Å². The predicted octanol–water partition coefficient (Wildman–Crippen LogP) is 2.91. The summed E-state index contributed by atoms with van der Waals surface area (Å²) in [7, 11) is 0. The molecule has 0 saturated carbocycles. The van der Waals surface area contributed by atoms with Crippen LogP contribution in [0, 0.1) is 11.3 Å². The molecule has 148 valence electrons. The van der Waals surface area contributed by atoms with Crippen LogP contribution in [0.4, 0.5) is 0 Å². The first-order valence-corrected chi connectivity index (χ1v) is 10.3. The van der Waals surface area contributed by atoms with E-state index in [-0.39, 0.29) is 18.2 Å². The summed E-state index contributed by atoms with van der Waals surface area (Å²) in [6.45, 7) is 2.07. The second-order valence-corrected chi connectivity index (χ2v) is 7.92. The number of hydrogen-bond donors (Lipinski definition) is 2. The van der Waals surface area contributed by atoms with Crippen LogP contribution in [-0.4, -0.2) is 46.8 Å². The molecule has 0 radical (unpaired) electrons. The first kappa shape index (κ1) is 22.2. The van der Waals surface area contributed by atoms with Crippen molar-refractivity contribution in [1.82, 2.24) is 5.32 Å². The van der Waals surface area contributed by atoms with Crippen molar-refractivity contribution in [2.45, 2.75) is 18.6 Å². The van der Waals surface area contributed by atoms with Gasteiger partial charge in [0.2, 0.25) is 5.91 Å². The fourth-order valence-corrected chi connectivity index (χ4v) is 3.94. The van der Waals surface area contributed by atoms with Crippen molar-refractivity contribution >= 4 is 66.9 Å². The van der Waals surface area contributed by atoms with Crippen LogP contribution < -0.4 is 14.8 Å². The fraction of sp³-hybridized carbons (Fsp3) is 0.312. The van der Waals surface area contributed by atoms with Crippen LogP contribution in [0.25, 0.3) is 0 Å². The summed E-state index contributed by atoms with van der Waals surface area (Å²) in [5, 5.41) is 27.4. The van der Waals surface area contributed by atoms with Gasteiger partial charge in [-0.3, -0.25) is 9.59 Å². The molecule has 1 aliphatic rings. The molecule has 1 atom stereocenters. The zero-order valence-corrected chi connectivity index (χ0v) is 18.4. The average molecular weight is 534 g/mol. The molecule has 1 amide bonds. The normalized spacial score (nSPS) is 17.6. The number of carbonyl (C=O) groups is 2. The molecule has 0 bridgehead atoms. The van der Waals surface area contributed by atoms with Gasteiger partial charge in [-0.05, 0) is 44.8 Å². The molecular formula is C16H14Br2N4O5S. The summed E-state index contributed by atoms with van der Waals surface area (Å²) >= 11 is 7.84. The van der Waals surface area contributed by atoms with E-state index in [2.05, 4.69) is 47.4 Å². The van der Waals surface area contributed by atoms with Gasteiger partial charge in [-0.15, -0.1) is 5.10 Å². The van der Waals surface area contributed by atoms with Crippen LogP contribution in [0.3, 0.4) is 0 Å². The molecule has 28 heavy (non-hydrogen) atoms. The SMILES string of the molecule is CCOc1cc(C=NN=C2NC(=O)C(CC(=O)O)S2)c(Br)c(Br)c1OCC#N. The number of carboxylic acid groups (broad SMARTS) is 1. The zero-order valence-electron chi connectivity index (χ0n) is 14.4. The highest BCUT2D eigenvalue weighted by molar-refractivity contribution is 9.13. The van der Waals surface area contributed by atoms with E-state index in [0.29, 0.717) is 32.6 Å². The van der Waals surface area contributed by atoms with Crippen LogP contribution in [0.1, 0.15) is 18.9 Å².